The van der Waals surface area contributed by atoms with Crippen LogP contribution in [0, 0.1) is 0 Å². The molecule has 1 N–H and O–H groups in total. The molecule has 2 fully saturated rings. The lowest BCUT2D eigenvalue weighted by atomic mass is 10.1. The maximum atomic E-state index is 13.1. The van der Waals surface area contributed by atoms with E-state index >= 15 is 0 Å². The second-order valence-electron chi connectivity index (χ2n) is 7.72. The fourth-order valence-electron chi connectivity index (χ4n) is 4.44. The van der Waals surface area contributed by atoms with Crippen molar-refractivity contribution in [2.75, 3.05) is 20.3 Å². The lowest BCUT2D eigenvalue weighted by molar-refractivity contribution is 0.175. The molecule has 1 saturated heterocycles. The van der Waals surface area contributed by atoms with Crippen LogP contribution in [0.25, 0.3) is 10.9 Å². The van der Waals surface area contributed by atoms with Gasteiger partial charge in [-0.05, 0) is 37.8 Å². The van der Waals surface area contributed by atoms with E-state index in [2.05, 4.69) is 5.32 Å². The van der Waals surface area contributed by atoms with Gasteiger partial charge in [-0.25, -0.2) is 9.78 Å². The number of nitrogens with one attached hydrogen (secondary N) is 1. The Bertz CT molecular complexity index is 904. The standard InChI is InChI=1S/C21H28N4O3/c1-28-14-13-25-19(23-17-10-5-4-9-16(17)20(25)26)18-11-6-12-24(18)21(27)22-15-7-2-3-8-15/h4-5,9-10,15,18H,2-3,6-8,11-14H2,1H3,(H,22,27). The van der Waals surface area contributed by atoms with Crippen LogP contribution in [0.4, 0.5) is 4.79 Å². The summed E-state index contributed by atoms with van der Waals surface area (Å²) in [5, 5.41) is 3.78. The second-order valence-corrected chi connectivity index (χ2v) is 7.72. The minimum Gasteiger partial charge on any atom is -0.383 e. The van der Waals surface area contributed by atoms with E-state index in [1.807, 2.05) is 23.1 Å². The van der Waals surface area contributed by atoms with Crippen molar-refractivity contribution in [2.24, 2.45) is 0 Å². The highest BCUT2D eigenvalue weighted by Gasteiger charge is 2.34. The third-order valence-corrected chi connectivity index (χ3v) is 5.90. The van der Waals surface area contributed by atoms with Crippen molar-refractivity contribution < 1.29 is 9.53 Å². The molecule has 1 aliphatic carbocycles. The molecule has 2 aliphatic rings. The Labute approximate surface area is 164 Å². The maximum absolute atomic E-state index is 13.1. The van der Waals surface area contributed by atoms with Gasteiger partial charge in [-0.1, -0.05) is 25.0 Å². The average molecular weight is 384 g/mol. The van der Waals surface area contributed by atoms with Crippen LogP contribution in [-0.4, -0.2) is 46.8 Å². The Morgan fingerprint density at radius 1 is 1.21 bits per heavy atom. The number of hydrogen-bond donors (Lipinski definition) is 1. The summed E-state index contributed by atoms with van der Waals surface area (Å²) in [4.78, 5) is 32.7. The lowest BCUT2D eigenvalue weighted by Gasteiger charge is -2.28. The fraction of sp³-hybridized carbons (Fsp3) is 0.571. The quantitative estimate of drug-likeness (QED) is 0.860. The van der Waals surface area contributed by atoms with E-state index in [0.29, 0.717) is 36.4 Å². The zero-order valence-corrected chi connectivity index (χ0v) is 16.4. The Balaban J connectivity index is 1.69. The number of carbonyl (C=O) groups excluding carboxylic acids is 1. The zero-order valence-electron chi connectivity index (χ0n) is 16.4. The Hall–Kier alpha value is -2.41. The van der Waals surface area contributed by atoms with Crippen molar-refractivity contribution in [1.29, 1.82) is 0 Å². The lowest BCUT2D eigenvalue weighted by Crippen LogP contribution is -2.44. The summed E-state index contributed by atoms with van der Waals surface area (Å²) in [6, 6.07) is 7.45. The molecule has 2 amide bonds. The van der Waals surface area contributed by atoms with E-state index in [4.69, 9.17) is 9.72 Å². The van der Waals surface area contributed by atoms with E-state index in [9.17, 15) is 9.59 Å². The second kappa shape index (κ2) is 8.31. The van der Waals surface area contributed by atoms with E-state index in [1.165, 1.54) is 12.8 Å². The van der Waals surface area contributed by atoms with Crippen LogP contribution in [0.2, 0.25) is 0 Å². The molecule has 2 heterocycles. The highest BCUT2D eigenvalue weighted by Crippen LogP contribution is 2.31. The van der Waals surface area contributed by atoms with Crippen LogP contribution in [-0.2, 0) is 11.3 Å². The monoisotopic (exact) mass is 384 g/mol. The number of rotatable bonds is 5. The maximum Gasteiger partial charge on any atom is 0.318 e. The summed E-state index contributed by atoms with van der Waals surface area (Å²) >= 11 is 0. The number of aromatic nitrogens is 2. The zero-order chi connectivity index (χ0) is 19.5. The van der Waals surface area contributed by atoms with Crippen molar-refractivity contribution in [3.8, 4) is 0 Å². The summed E-state index contributed by atoms with van der Waals surface area (Å²) in [7, 11) is 1.62. The largest absolute Gasteiger partial charge is 0.383 e. The predicted molar refractivity (Wildman–Crippen MR) is 107 cm³/mol. The molecule has 1 aliphatic heterocycles. The first-order valence-corrected chi connectivity index (χ1v) is 10.2. The van der Waals surface area contributed by atoms with Gasteiger partial charge in [0.1, 0.15) is 5.82 Å². The van der Waals surface area contributed by atoms with Crippen LogP contribution < -0.4 is 10.9 Å². The molecule has 1 saturated carbocycles. The molecule has 0 bridgehead atoms. The van der Waals surface area contributed by atoms with Gasteiger partial charge in [0, 0.05) is 19.7 Å². The Morgan fingerprint density at radius 2 is 2.00 bits per heavy atom. The fourth-order valence-corrected chi connectivity index (χ4v) is 4.44. The first kappa shape index (κ1) is 18.9. The molecular formula is C21H28N4O3. The van der Waals surface area contributed by atoms with Gasteiger partial charge in [-0.15, -0.1) is 0 Å². The van der Waals surface area contributed by atoms with Gasteiger partial charge in [0.15, 0.2) is 0 Å². The van der Waals surface area contributed by atoms with Crippen molar-refractivity contribution in [3.05, 3.63) is 40.4 Å². The van der Waals surface area contributed by atoms with Crippen LogP contribution in [0.3, 0.4) is 0 Å². The number of carbonyl (C=O) groups is 1. The summed E-state index contributed by atoms with van der Waals surface area (Å²) in [6.45, 7) is 1.54. The number of nitrogens with zero attached hydrogens (tertiary/aromatic N) is 3. The van der Waals surface area contributed by atoms with Gasteiger partial charge in [0.05, 0.1) is 30.1 Å². The molecule has 0 spiro atoms. The summed E-state index contributed by atoms with van der Waals surface area (Å²) in [5.74, 6) is 0.667. The summed E-state index contributed by atoms with van der Waals surface area (Å²) in [6.07, 6.45) is 6.19. The third kappa shape index (κ3) is 3.63. The van der Waals surface area contributed by atoms with Crippen LogP contribution in [0.15, 0.2) is 29.1 Å². The highest BCUT2D eigenvalue weighted by molar-refractivity contribution is 5.78. The predicted octanol–water partition coefficient (Wildman–Crippen LogP) is 2.83. The molecule has 28 heavy (non-hydrogen) atoms. The smallest absolute Gasteiger partial charge is 0.318 e. The van der Waals surface area contributed by atoms with Gasteiger partial charge in [0.2, 0.25) is 0 Å². The van der Waals surface area contributed by atoms with Crippen LogP contribution >= 0.6 is 0 Å². The molecule has 7 heteroatoms. The molecule has 1 unspecified atom stereocenters. The molecule has 150 valence electrons. The summed E-state index contributed by atoms with van der Waals surface area (Å²) in [5.41, 5.74) is 0.611. The van der Waals surface area contributed by atoms with Gasteiger partial charge in [-0.3, -0.25) is 9.36 Å². The molecule has 1 aromatic heterocycles. The third-order valence-electron chi connectivity index (χ3n) is 5.90. The normalized spacial score (nSPS) is 20.2. The van der Waals surface area contributed by atoms with Gasteiger partial charge in [0.25, 0.3) is 5.56 Å². The van der Waals surface area contributed by atoms with Gasteiger partial charge in [-0.2, -0.15) is 0 Å². The van der Waals surface area contributed by atoms with Gasteiger partial charge >= 0.3 is 6.03 Å². The number of benzene rings is 1. The number of hydrogen-bond acceptors (Lipinski definition) is 4. The number of para-hydroxylation sites is 1. The van der Waals surface area contributed by atoms with Crippen molar-refractivity contribution in [3.63, 3.8) is 0 Å². The Kier molecular flexibility index (Phi) is 5.62. The molecule has 4 rings (SSSR count). The molecule has 1 atom stereocenters. The van der Waals surface area contributed by atoms with E-state index in [-0.39, 0.29) is 23.7 Å². The Morgan fingerprint density at radius 3 is 2.79 bits per heavy atom. The van der Waals surface area contributed by atoms with E-state index in [1.54, 1.807) is 17.7 Å². The SMILES string of the molecule is COCCn1c(C2CCCN2C(=O)NC2CCCC2)nc2ccccc2c1=O. The van der Waals surface area contributed by atoms with Crippen LogP contribution in [0.5, 0.6) is 0 Å². The topological polar surface area (TPSA) is 76.5 Å². The first-order chi connectivity index (χ1) is 13.7. The van der Waals surface area contributed by atoms with Crippen molar-refractivity contribution in [2.45, 2.75) is 57.2 Å². The van der Waals surface area contributed by atoms with E-state index < -0.39 is 0 Å². The van der Waals surface area contributed by atoms with Crippen molar-refractivity contribution in [1.82, 2.24) is 19.8 Å². The number of likely N-dealkylation sites (tertiary alicyclic amines) is 1. The number of ether oxygens (including phenoxy) is 1. The minimum atomic E-state index is -0.185. The number of amides is 2. The van der Waals surface area contributed by atoms with Gasteiger partial charge < -0.3 is 15.0 Å². The average Bonchev–Trinajstić information content (AvgIpc) is 3.39. The first-order valence-electron chi connectivity index (χ1n) is 10.2. The molecule has 7 nitrogen and oxygen atoms in total. The number of fused-ring (bicyclic) bond motifs is 1. The number of urea groups is 1. The van der Waals surface area contributed by atoms with E-state index in [0.717, 1.165) is 25.7 Å². The molecule has 1 aromatic carbocycles. The highest BCUT2D eigenvalue weighted by atomic mass is 16.5. The molecule has 2 aromatic rings. The molecular weight excluding hydrogens is 356 g/mol. The summed E-state index contributed by atoms with van der Waals surface area (Å²) < 4.78 is 6.91. The van der Waals surface area contributed by atoms with Crippen molar-refractivity contribution >= 4 is 16.9 Å². The number of methoxy groups -OCH3 is 1. The van der Waals surface area contributed by atoms with Crippen LogP contribution in [0.1, 0.15) is 50.4 Å². The molecule has 0 radical (unpaired) electrons. The minimum absolute atomic E-state index is 0.0323.